The fourth-order valence-corrected chi connectivity index (χ4v) is 3.46. The fourth-order valence-electron chi connectivity index (χ4n) is 2.75. The lowest BCUT2D eigenvalue weighted by atomic mass is 9.82. The number of rotatable bonds is 5. The molecule has 0 radical (unpaired) electrons. The minimum absolute atomic E-state index is 0.345. The maximum Gasteiger partial charge on any atom is 0.0922 e. The molecule has 0 spiro atoms. The van der Waals surface area contributed by atoms with Crippen LogP contribution in [0.4, 0.5) is 0 Å². The van der Waals surface area contributed by atoms with Crippen molar-refractivity contribution in [3.63, 3.8) is 0 Å². The molecule has 0 saturated heterocycles. The van der Waals surface area contributed by atoms with E-state index in [9.17, 15) is 5.11 Å². The van der Waals surface area contributed by atoms with Crippen LogP contribution < -0.4 is 5.32 Å². The molecule has 3 atom stereocenters. The zero-order chi connectivity index (χ0) is 12.1. The van der Waals surface area contributed by atoms with E-state index in [1.165, 1.54) is 25.7 Å². The van der Waals surface area contributed by atoms with Gasteiger partial charge in [-0.3, -0.25) is 0 Å². The summed E-state index contributed by atoms with van der Waals surface area (Å²) in [6, 6.07) is 2.00. The molecule has 2 rings (SSSR count). The Morgan fingerprint density at radius 1 is 1.53 bits per heavy atom. The second kappa shape index (κ2) is 6.53. The molecule has 1 aliphatic rings. The SMILES string of the molecule is CC1CCCC(CNCC(O)c2ccsc2)C1. The summed E-state index contributed by atoms with van der Waals surface area (Å²) in [4.78, 5) is 0. The minimum atomic E-state index is -0.345. The topological polar surface area (TPSA) is 32.3 Å². The van der Waals surface area contributed by atoms with Crippen molar-refractivity contribution >= 4 is 11.3 Å². The molecule has 2 N–H and O–H groups in total. The van der Waals surface area contributed by atoms with E-state index in [1.54, 1.807) is 11.3 Å². The monoisotopic (exact) mass is 253 g/mol. The molecule has 1 saturated carbocycles. The van der Waals surface area contributed by atoms with E-state index < -0.39 is 0 Å². The highest BCUT2D eigenvalue weighted by molar-refractivity contribution is 7.07. The summed E-state index contributed by atoms with van der Waals surface area (Å²) >= 11 is 1.64. The highest BCUT2D eigenvalue weighted by Gasteiger charge is 2.18. The van der Waals surface area contributed by atoms with E-state index in [0.717, 1.165) is 23.9 Å². The summed E-state index contributed by atoms with van der Waals surface area (Å²) in [5.74, 6) is 1.70. The van der Waals surface area contributed by atoms with E-state index in [-0.39, 0.29) is 6.10 Å². The summed E-state index contributed by atoms with van der Waals surface area (Å²) in [6.07, 6.45) is 5.13. The van der Waals surface area contributed by atoms with Gasteiger partial charge in [0.2, 0.25) is 0 Å². The van der Waals surface area contributed by atoms with Crippen LogP contribution in [0.1, 0.15) is 44.3 Å². The van der Waals surface area contributed by atoms with Crippen molar-refractivity contribution in [3.8, 4) is 0 Å². The molecule has 2 nitrogen and oxygen atoms in total. The van der Waals surface area contributed by atoms with Crippen molar-refractivity contribution in [2.24, 2.45) is 11.8 Å². The molecule has 96 valence electrons. The Morgan fingerprint density at radius 3 is 3.12 bits per heavy atom. The summed E-state index contributed by atoms with van der Waals surface area (Å²) in [6.45, 7) is 4.10. The summed E-state index contributed by atoms with van der Waals surface area (Å²) in [7, 11) is 0. The first-order valence-electron chi connectivity index (χ1n) is 6.66. The Balaban J connectivity index is 1.65. The van der Waals surface area contributed by atoms with Crippen molar-refractivity contribution < 1.29 is 5.11 Å². The lowest BCUT2D eigenvalue weighted by Gasteiger charge is -2.27. The molecule has 0 bridgehead atoms. The van der Waals surface area contributed by atoms with Crippen molar-refractivity contribution in [3.05, 3.63) is 22.4 Å². The molecule has 17 heavy (non-hydrogen) atoms. The highest BCUT2D eigenvalue weighted by atomic mass is 32.1. The number of aliphatic hydroxyl groups is 1. The van der Waals surface area contributed by atoms with Crippen LogP contribution in [0.25, 0.3) is 0 Å². The molecule has 3 unspecified atom stereocenters. The van der Waals surface area contributed by atoms with Gasteiger partial charge in [0.25, 0.3) is 0 Å². The number of hydrogen-bond donors (Lipinski definition) is 2. The van der Waals surface area contributed by atoms with Gasteiger partial charge < -0.3 is 10.4 Å². The maximum atomic E-state index is 9.94. The summed E-state index contributed by atoms with van der Waals surface area (Å²) in [5, 5.41) is 17.4. The Hall–Kier alpha value is -0.380. The molecule has 1 aromatic rings. The summed E-state index contributed by atoms with van der Waals surface area (Å²) < 4.78 is 0. The lowest BCUT2D eigenvalue weighted by molar-refractivity contribution is 0.169. The Bertz CT molecular complexity index is 312. The molecule has 1 aliphatic carbocycles. The molecule has 1 fully saturated rings. The van der Waals surface area contributed by atoms with Crippen molar-refractivity contribution in [2.75, 3.05) is 13.1 Å². The van der Waals surface area contributed by atoms with E-state index >= 15 is 0 Å². The van der Waals surface area contributed by atoms with Gasteiger partial charge in [-0.15, -0.1) is 0 Å². The number of aliphatic hydroxyl groups excluding tert-OH is 1. The highest BCUT2D eigenvalue weighted by Crippen LogP contribution is 2.28. The number of hydrogen-bond acceptors (Lipinski definition) is 3. The van der Waals surface area contributed by atoms with E-state index in [1.807, 2.05) is 16.8 Å². The van der Waals surface area contributed by atoms with Crippen molar-refractivity contribution in [1.29, 1.82) is 0 Å². The van der Waals surface area contributed by atoms with Crippen LogP contribution in [0, 0.1) is 11.8 Å². The average molecular weight is 253 g/mol. The Labute approximate surface area is 108 Å². The van der Waals surface area contributed by atoms with E-state index in [0.29, 0.717) is 6.54 Å². The van der Waals surface area contributed by atoms with Gasteiger partial charge in [-0.05, 0) is 53.6 Å². The second-order valence-corrected chi connectivity index (χ2v) is 6.15. The maximum absolute atomic E-state index is 9.94. The largest absolute Gasteiger partial charge is 0.387 e. The fraction of sp³-hybridized carbons (Fsp3) is 0.714. The molecule has 1 heterocycles. The first kappa shape index (κ1) is 13.1. The van der Waals surface area contributed by atoms with Gasteiger partial charge in [0.15, 0.2) is 0 Å². The smallest absolute Gasteiger partial charge is 0.0922 e. The van der Waals surface area contributed by atoms with Gasteiger partial charge in [-0.25, -0.2) is 0 Å². The van der Waals surface area contributed by atoms with E-state index in [4.69, 9.17) is 0 Å². The quantitative estimate of drug-likeness (QED) is 0.844. The first-order valence-corrected chi connectivity index (χ1v) is 7.61. The van der Waals surface area contributed by atoms with Crippen LogP contribution >= 0.6 is 11.3 Å². The first-order chi connectivity index (χ1) is 8.25. The van der Waals surface area contributed by atoms with Gasteiger partial charge in [-0.2, -0.15) is 11.3 Å². The van der Waals surface area contributed by atoms with Crippen LogP contribution in [0.3, 0.4) is 0 Å². The van der Waals surface area contributed by atoms with Gasteiger partial charge >= 0.3 is 0 Å². The zero-order valence-electron chi connectivity index (χ0n) is 10.6. The van der Waals surface area contributed by atoms with Crippen LogP contribution in [0.2, 0.25) is 0 Å². The van der Waals surface area contributed by atoms with Gasteiger partial charge in [0.1, 0.15) is 0 Å². The van der Waals surface area contributed by atoms with Crippen LogP contribution in [-0.2, 0) is 0 Å². The van der Waals surface area contributed by atoms with E-state index in [2.05, 4.69) is 12.2 Å². The van der Waals surface area contributed by atoms with Gasteiger partial charge in [0, 0.05) is 6.54 Å². The van der Waals surface area contributed by atoms with Crippen molar-refractivity contribution in [2.45, 2.75) is 38.7 Å². The molecule has 0 aromatic carbocycles. The van der Waals surface area contributed by atoms with Gasteiger partial charge in [0.05, 0.1) is 6.10 Å². The Kier molecular flexibility index (Phi) is 5.01. The second-order valence-electron chi connectivity index (χ2n) is 5.37. The third kappa shape index (κ3) is 4.09. The third-order valence-corrected chi connectivity index (χ3v) is 4.45. The molecular weight excluding hydrogens is 230 g/mol. The normalized spacial score (nSPS) is 26.9. The van der Waals surface area contributed by atoms with Crippen LogP contribution in [0.15, 0.2) is 16.8 Å². The lowest BCUT2D eigenvalue weighted by Crippen LogP contribution is -2.29. The molecular formula is C14H23NOS. The molecule has 3 heteroatoms. The van der Waals surface area contributed by atoms with Crippen LogP contribution in [0.5, 0.6) is 0 Å². The number of thiophene rings is 1. The molecule has 0 aliphatic heterocycles. The standard InChI is InChI=1S/C14H23NOS/c1-11-3-2-4-12(7-11)8-15-9-14(16)13-5-6-17-10-13/h5-6,10-12,14-16H,2-4,7-9H2,1H3. The Morgan fingerprint density at radius 2 is 2.41 bits per heavy atom. The minimum Gasteiger partial charge on any atom is -0.387 e. The van der Waals surface area contributed by atoms with Gasteiger partial charge in [-0.1, -0.05) is 19.8 Å². The van der Waals surface area contributed by atoms with Crippen LogP contribution in [-0.4, -0.2) is 18.2 Å². The summed E-state index contributed by atoms with van der Waals surface area (Å²) in [5.41, 5.74) is 1.04. The average Bonchev–Trinajstić information content (AvgIpc) is 2.82. The van der Waals surface area contributed by atoms with Crippen molar-refractivity contribution in [1.82, 2.24) is 5.32 Å². The zero-order valence-corrected chi connectivity index (χ0v) is 11.4. The third-order valence-electron chi connectivity index (χ3n) is 3.74. The number of nitrogens with one attached hydrogen (secondary N) is 1. The predicted molar refractivity (Wildman–Crippen MR) is 73.3 cm³/mol. The molecule has 0 amide bonds. The molecule has 1 aromatic heterocycles. The predicted octanol–water partition coefficient (Wildman–Crippen LogP) is 3.20.